The van der Waals surface area contributed by atoms with E-state index >= 15 is 0 Å². The third-order valence-corrected chi connectivity index (χ3v) is 5.26. The number of aryl methyl sites for hydroxylation is 2. The van der Waals surface area contributed by atoms with Crippen molar-refractivity contribution in [1.29, 1.82) is 0 Å². The number of hydrogen-bond donors (Lipinski definition) is 1. The fourth-order valence-electron chi connectivity index (χ4n) is 3.83. The van der Waals surface area contributed by atoms with Gasteiger partial charge in [0.2, 0.25) is 0 Å². The third kappa shape index (κ3) is 3.10. The second-order valence-corrected chi connectivity index (χ2v) is 7.04. The summed E-state index contributed by atoms with van der Waals surface area (Å²) in [5.74, 6) is 1.12. The van der Waals surface area contributed by atoms with E-state index in [9.17, 15) is 4.79 Å². The van der Waals surface area contributed by atoms with E-state index in [4.69, 9.17) is 0 Å². The quantitative estimate of drug-likeness (QED) is 0.922. The van der Waals surface area contributed by atoms with Gasteiger partial charge in [0.25, 0.3) is 5.91 Å². The van der Waals surface area contributed by atoms with E-state index in [1.165, 1.54) is 12.8 Å². The number of piperidine rings is 1. The van der Waals surface area contributed by atoms with Crippen LogP contribution in [-0.2, 0) is 0 Å². The average molecular weight is 340 g/mol. The molecule has 1 N–H and O–H groups in total. The number of carbonyl (C=O) groups is 1. The van der Waals surface area contributed by atoms with E-state index in [-0.39, 0.29) is 5.91 Å². The average Bonchev–Trinajstić information content (AvgIpc) is 3.41. The van der Waals surface area contributed by atoms with Crippen LogP contribution < -0.4 is 4.90 Å². The summed E-state index contributed by atoms with van der Waals surface area (Å²) in [7, 11) is 0. The van der Waals surface area contributed by atoms with Gasteiger partial charge in [0.05, 0.1) is 11.3 Å². The van der Waals surface area contributed by atoms with Gasteiger partial charge < -0.3 is 9.80 Å². The Bertz CT molecular complexity index is 727. The molecule has 0 aromatic carbocycles. The molecule has 2 aromatic heterocycles. The van der Waals surface area contributed by atoms with Crippen LogP contribution in [0.2, 0.25) is 0 Å². The van der Waals surface area contributed by atoms with Crippen molar-refractivity contribution in [2.75, 3.05) is 18.0 Å². The summed E-state index contributed by atoms with van der Waals surface area (Å²) in [5.41, 5.74) is 2.36. The van der Waals surface area contributed by atoms with Crippen LogP contribution in [0.1, 0.15) is 47.4 Å². The Labute approximate surface area is 147 Å². The molecule has 0 bridgehead atoms. The van der Waals surface area contributed by atoms with E-state index in [1.54, 1.807) is 12.5 Å². The second-order valence-electron chi connectivity index (χ2n) is 7.04. The van der Waals surface area contributed by atoms with E-state index < -0.39 is 0 Å². The molecule has 132 valence electrons. The molecule has 2 aliphatic rings. The number of rotatable bonds is 4. The van der Waals surface area contributed by atoms with Crippen molar-refractivity contribution in [3.05, 3.63) is 35.5 Å². The first-order chi connectivity index (χ1) is 12.1. The van der Waals surface area contributed by atoms with Gasteiger partial charge in [0.15, 0.2) is 0 Å². The highest BCUT2D eigenvalue weighted by molar-refractivity contribution is 5.96. The summed E-state index contributed by atoms with van der Waals surface area (Å²) in [5, 5.41) is 7.06. The highest BCUT2D eigenvalue weighted by Gasteiger charge is 2.37. The summed E-state index contributed by atoms with van der Waals surface area (Å²) in [4.78, 5) is 25.7. The number of amides is 1. The molecule has 1 saturated carbocycles. The van der Waals surface area contributed by atoms with Crippen molar-refractivity contribution in [3.8, 4) is 0 Å². The van der Waals surface area contributed by atoms with E-state index in [0.29, 0.717) is 12.1 Å². The van der Waals surface area contributed by atoms with Crippen molar-refractivity contribution in [2.24, 2.45) is 0 Å². The first-order valence-electron chi connectivity index (χ1n) is 9.00. The zero-order valence-electron chi connectivity index (χ0n) is 14.8. The van der Waals surface area contributed by atoms with Crippen molar-refractivity contribution in [1.82, 2.24) is 25.1 Å². The second kappa shape index (κ2) is 6.46. The predicted molar refractivity (Wildman–Crippen MR) is 94.5 cm³/mol. The molecule has 3 heterocycles. The van der Waals surface area contributed by atoms with E-state index in [1.807, 2.05) is 24.8 Å². The van der Waals surface area contributed by atoms with Gasteiger partial charge in [-0.05, 0) is 45.6 Å². The number of nitrogens with one attached hydrogen (secondary N) is 1. The van der Waals surface area contributed by atoms with E-state index in [0.717, 1.165) is 48.7 Å². The Kier molecular flexibility index (Phi) is 4.15. The van der Waals surface area contributed by atoms with Crippen LogP contribution in [0.5, 0.6) is 0 Å². The number of nitrogens with zero attached hydrogens (tertiary/aromatic N) is 5. The van der Waals surface area contributed by atoms with Crippen LogP contribution in [0, 0.1) is 13.8 Å². The van der Waals surface area contributed by atoms with Crippen LogP contribution in [0.15, 0.2) is 18.6 Å². The summed E-state index contributed by atoms with van der Waals surface area (Å²) in [6.45, 7) is 5.35. The van der Waals surface area contributed by atoms with Crippen LogP contribution in [0.3, 0.4) is 0 Å². The molecular formula is C18H24N6O. The fraction of sp³-hybridized carbons (Fsp3) is 0.556. The van der Waals surface area contributed by atoms with Gasteiger partial charge >= 0.3 is 0 Å². The number of hydrogen-bond acceptors (Lipinski definition) is 5. The number of H-pyrrole nitrogens is 1. The molecule has 0 spiro atoms. The monoisotopic (exact) mass is 340 g/mol. The summed E-state index contributed by atoms with van der Waals surface area (Å²) < 4.78 is 0. The van der Waals surface area contributed by atoms with Crippen molar-refractivity contribution in [2.45, 2.75) is 51.6 Å². The smallest absolute Gasteiger partial charge is 0.257 e. The Morgan fingerprint density at radius 3 is 2.48 bits per heavy atom. The zero-order valence-corrected chi connectivity index (χ0v) is 14.8. The maximum atomic E-state index is 12.8. The fourth-order valence-corrected chi connectivity index (χ4v) is 3.83. The van der Waals surface area contributed by atoms with Crippen LogP contribution in [0.25, 0.3) is 0 Å². The molecule has 0 unspecified atom stereocenters. The lowest BCUT2D eigenvalue weighted by Crippen LogP contribution is -2.48. The molecule has 4 rings (SSSR count). The molecule has 7 heteroatoms. The van der Waals surface area contributed by atoms with Crippen LogP contribution >= 0.6 is 0 Å². The van der Waals surface area contributed by atoms with Crippen LogP contribution in [-0.4, -0.2) is 56.1 Å². The lowest BCUT2D eigenvalue weighted by atomic mass is 10.0. The molecular weight excluding hydrogens is 316 g/mol. The van der Waals surface area contributed by atoms with Crippen molar-refractivity contribution >= 4 is 11.7 Å². The normalized spacial score (nSPS) is 18.4. The number of carbonyl (C=O) groups excluding carboxylic acids is 1. The minimum Gasteiger partial charge on any atom is -0.350 e. The van der Waals surface area contributed by atoms with Gasteiger partial charge in [-0.15, -0.1) is 0 Å². The van der Waals surface area contributed by atoms with Crippen molar-refractivity contribution in [3.63, 3.8) is 0 Å². The molecule has 2 aromatic rings. The first-order valence-corrected chi connectivity index (χ1v) is 9.00. The molecule has 0 radical (unpaired) electrons. The van der Waals surface area contributed by atoms with Gasteiger partial charge in [-0.25, -0.2) is 9.97 Å². The SMILES string of the molecule is Cc1n[nH]c(C)c1C(=O)N1CCC(N(c2ccncn2)C2CC2)CC1. The molecule has 2 fully saturated rings. The van der Waals surface area contributed by atoms with Gasteiger partial charge in [-0.1, -0.05) is 0 Å². The number of aromatic amines is 1. The maximum Gasteiger partial charge on any atom is 0.257 e. The van der Waals surface area contributed by atoms with Gasteiger partial charge in [0, 0.05) is 37.1 Å². The number of aromatic nitrogens is 4. The Morgan fingerprint density at radius 1 is 1.20 bits per heavy atom. The van der Waals surface area contributed by atoms with Gasteiger partial charge in [0.1, 0.15) is 12.1 Å². The zero-order chi connectivity index (χ0) is 17.4. The maximum absolute atomic E-state index is 12.8. The first kappa shape index (κ1) is 16.1. The van der Waals surface area contributed by atoms with Crippen LogP contribution in [0.4, 0.5) is 5.82 Å². The molecule has 25 heavy (non-hydrogen) atoms. The number of likely N-dealkylation sites (tertiary alicyclic amines) is 1. The lowest BCUT2D eigenvalue weighted by molar-refractivity contribution is 0.0710. The van der Waals surface area contributed by atoms with Gasteiger partial charge in [-0.2, -0.15) is 5.10 Å². The predicted octanol–water partition coefficient (Wildman–Crippen LogP) is 2.09. The summed E-state index contributed by atoms with van der Waals surface area (Å²) in [6, 6.07) is 3.03. The highest BCUT2D eigenvalue weighted by Crippen LogP contribution is 2.35. The third-order valence-electron chi connectivity index (χ3n) is 5.26. The summed E-state index contributed by atoms with van der Waals surface area (Å²) >= 11 is 0. The lowest BCUT2D eigenvalue weighted by Gasteiger charge is -2.39. The Hall–Kier alpha value is -2.44. The highest BCUT2D eigenvalue weighted by atomic mass is 16.2. The standard InChI is InChI=1S/C18H24N6O/c1-12-17(13(2)22-21-12)18(25)23-9-6-15(7-10-23)24(14-3-4-14)16-5-8-19-11-20-16/h5,8,11,14-15H,3-4,6-7,9-10H2,1-2H3,(H,21,22). The number of anilines is 1. The summed E-state index contributed by atoms with van der Waals surface area (Å²) in [6.07, 6.45) is 7.84. The Balaban J connectivity index is 1.45. The minimum absolute atomic E-state index is 0.0993. The topological polar surface area (TPSA) is 78.0 Å². The molecule has 7 nitrogen and oxygen atoms in total. The largest absolute Gasteiger partial charge is 0.350 e. The van der Waals surface area contributed by atoms with Crippen molar-refractivity contribution < 1.29 is 4.79 Å². The molecule has 1 aliphatic carbocycles. The minimum atomic E-state index is 0.0993. The van der Waals surface area contributed by atoms with Gasteiger partial charge in [-0.3, -0.25) is 9.89 Å². The molecule has 1 saturated heterocycles. The van der Waals surface area contributed by atoms with E-state index in [2.05, 4.69) is 25.1 Å². The molecule has 0 atom stereocenters. The Morgan fingerprint density at radius 2 is 1.92 bits per heavy atom. The molecule has 1 aliphatic heterocycles. The molecule has 1 amide bonds.